The largest absolute Gasteiger partial charge is 0.495 e. The van der Waals surface area contributed by atoms with E-state index in [2.05, 4.69) is 139 Å². The second kappa shape index (κ2) is 41.2. The topological polar surface area (TPSA) is 388 Å². The lowest BCUT2D eigenvalue weighted by Gasteiger charge is -2.42. The third kappa shape index (κ3) is 19.6. The monoisotopic (exact) mass is 1950 g/mol. The Morgan fingerprint density at radius 1 is 0.391 bits per heavy atom. The smallest absolute Gasteiger partial charge is 0.280 e. The Balaban J connectivity index is 0.000000130. The maximum absolute atomic E-state index is 13.4. The molecular weight excluding hydrogens is 1830 g/mol. The highest BCUT2D eigenvalue weighted by Crippen LogP contribution is 2.48. The lowest BCUT2D eigenvalue weighted by Crippen LogP contribution is -2.52. The van der Waals surface area contributed by atoms with E-state index in [0.29, 0.717) is 154 Å². The molecule has 2 aromatic carbocycles. The van der Waals surface area contributed by atoms with Gasteiger partial charge in [0.25, 0.3) is 29.5 Å². The Morgan fingerprint density at radius 2 is 0.783 bits per heavy atom. The van der Waals surface area contributed by atoms with E-state index in [1.165, 1.54) is 71.3 Å². The van der Waals surface area contributed by atoms with Gasteiger partial charge in [0.1, 0.15) is 54.3 Å². The average Bonchev–Trinajstić information content (AvgIpc) is 1.63. The van der Waals surface area contributed by atoms with Crippen LogP contribution in [0.15, 0.2) is 79.8 Å². The Kier molecular flexibility index (Phi) is 28.7. The number of piperidine rings is 2. The molecule has 45 heteroatoms. The minimum atomic E-state index is -0.189. The first kappa shape index (κ1) is 96.4. The fraction of sp³-hybridized carbons (Fsp3) is 0.452. The third-order valence-electron chi connectivity index (χ3n) is 26.0. The highest BCUT2D eigenvalue weighted by molar-refractivity contribution is 7.17. The van der Waals surface area contributed by atoms with Crippen molar-refractivity contribution in [2.24, 2.45) is 14.1 Å². The van der Waals surface area contributed by atoms with E-state index in [0.717, 1.165) is 153 Å². The molecule has 0 aliphatic carbocycles. The van der Waals surface area contributed by atoms with Gasteiger partial charge in [-0.25, -0.2) is 39.9 Å². The first-order valence-electron chi connectivity index (χ1n) is 46.5. The van der Waals surface area contributed by atoms with Crippen molar-refractivity contribution >= 4 is 193 Å². The Bertz CT molecular complexity index is 6500. The summed E-state index contributed by atoms with van der Waals surface area (Å²) in [5.41, 5.74) is 10.2. The molecule has 5 amide bonds. The molecule has 12 aromatic rings. The molecule has 0 spiro atoms. The van der Waals surface area contributed by atoms with Gasteiger partial charge in [-0.3, -0.25) is 43.1 Å². The van der Waals surface area contributed by atoms with Crippen LogP contribution in [0, 0.1) is 34.6 Å². The number of thiazole rings is 4. The van der Waals surface area contributed by atoms with Gasteiger partial charge >= 0.3 is 0 Å². The van der Waals surface area contributed by atoms with E-state index in [-0.39, 0.29) is 29.5 Å². The number of anilines is 21. The first-order chi connectivity index (χ1) is 66.5. The average molecular weight is 1950 g/mol. The van der Waals surface area contributed by atoms with Crippen LogP contribution in [-0.2, 0) is 14.1 Å². The van der Waals surface area contributed by atoms with Gasteiger partial charge < -0.3 is 89.5 Å². The predicted octanol–water partition coefficient (Wildman–Crippen LogP) is 13.2. The molecule has 726 valence electrons. The predicted molar refractivity (Wildman–Crippen MR) is 544 cm³/mol. The van der Waals surface area contributed by atoms with Crippen LogP contribution in [0.1, 0.15) is 138 Å². The number of carbonyl (C=O) groups is 5. The minimum Gasteiger partial charge on any atom is -0.495 e. The van der Waals surface area contributed by atoms with Gasteiger partial charge in [-0.2, -0.15) is 30.1 Å². The van der Waals surface area contributed by atoms with Crippen molar-refractivity contribution in [1.29, 1.82) is 0 Å². The SMILES string of the molecule is CCN1C(=O)c2nc(C)sc2N(CC)c2nc(Nc3ccc(N4CCC(N5CCN(C)CC5)CC4)c(OC)c3)ncc21.CCN1c2nc(Nc3ccc(C(=O)N4CCC(N5CCN(C)CC5)CC4)cc3OC)ncc2N(C)C(=O)c2nc(C)sc21.CCN1c2nc(Nc3cnn(C)c3)ncc2N(C)C(=O)c2nc(C)sc21.CCN1c2nc(Nc3cnn(C)c3C)ncc2N(C)C(=O)c2nc(C)sc21. The molecule has 138 heavy (non-hydrogen) atoms. The van der Waals surface area contributed by atoms with Crippen LogP contribution in [0.2, 0.25) is 0 Å². The Hall–Kier alpha value is -13.3. The summed E-state index contributed by atoms with van der Waals surface area (Å²) in [6, 6.07) is 12.8. The summed E-state index contributed by atoms with van der Waals surface area (Å²) in [7, 11) is 16.6. The molecule has 0 atom stereocenters. The van der Waals surface area contributed by atoms with Gasteiger partial charge in [0, 0.05) is 182 Å². The molecule has 4 N–H and O–H groups in total. The third-order valence-corrected chi connectivity index (χ3v) is 30.0. The second-order valence-corrected chi connectivity index (χ2v) is 39.4. The summed E-state index contributed by atoms with van der Waals surface area (Å²) in [5, 5.41) is 28.0. The normalized spacial score (nSPS) is 16.5. The van der Waals surface area contributed by atoms with Crippen LogP contribution in [0.5, 0.6) is 11.5 Å². The summed E-state index contributed by atoms with van der Waals surface area (Å²) >= 11 is 5.97. The zero-order valence-electron chi connectivity index (χ0n) is 81.4. The molecule has 0 unspecified atom stereocenters. The van der Waals surface area contributed by atoms with Crippen LogP contribution < -0.4 is 74.8 Å². The highest BCUT2D eigenvalue weighted by atomic mass is 32.1. The van der Waals surface area contributed by atoms with Gasteiger partial charge in [0.15, 0.2) is 46.0 Å². The number of ether oxygens (including phenoxy) is 2. The Labute approximate surface area is 817 Å². The van der Waals surface area contributed by atoms with E-state index >= 15 is 0 Å². The van der Waals surface area contributed by atoms with Crippen LogP contribution in [0.25, 0.3) is 0 Å². The number of methoxy groups -OCH3 is 2. The molecule has 0 bridgehead atoms. The maximum atomic E-state index is 13.4. The summed E-state index contributed by atoms with van der Waals surface area (Å²) in [5.74, 6) is 5.13. The summed E-state index contributed by atoms with van der Waals surface area (Å²) in [6.45, 7) is 35.4. The van der Waals surface area contributed by atoms with Crippen molar-refractivity contribution < 1.29 is 33.4 Å². The van der Waals surface area contributed by atoms with Crippen LogP contribution in [-0.4, -0.2) is 306 Å². The number of aryl methyl sites for hydroxylation is 6. The molecule has 0 radical (unpaired) electrons. The number of piperazine rings is 2. The standard InChI is InChI=1S/C30H39N9O3S.C30H41N9O2S.C17H20N8OS.C16H18N8OS/c1-6-39-26-23(36(4)28(41)25-29(39)43-19(2)32-25)18-31-30(34-26)33-22-8-7-20(17-24(22)42-5)27(40)38-11-9-21(10-12-38)37-15-13-35(3)14-16-37;1-6-38-24-19-31-30(34-27(24)39(7-2)29-26(28(38)40)32-20(3)42-29)33-21-8-9-23(25(18-21)41-5)37-12-10-22(11-13-37)36-16-14-35(4)15-17-36;1-6-25-14-12(23(4)15(26)13-16(25)27-10(3)20-13)8-18-17(22-14)21-11-7-19-24(5)9(11)2;1-5-24-13-11(23(4)14(25)12-15(24)26-9(2)19-12)7-17-16(21-13)20-10-6-18-22(3)8-10/h7-8,17-18,21H,6,9-16H2,1-5H3,(H,31,33,34);8-9,18-19,22H,6-7,10-17H2,1-5H3,(H,31,33,34);7-8H,6H2,1-5H3,(H,18,21,22);6-8H,5H2,1-4H3,(H,17,20,21). The number of fused-ring (bicyclic) bond motifs is 8. The summed E-state index contributed by atoms with van der Waals surface area (Å²) in [4.78, 5) is 149. The zero-order valence-corrected chi connectivity index (χ0v) is 84.7. The van der Waals surface area contributed by atoms with Crippen LogP contribution >= 0.6 is 45.3 Å². The molecule has 41 nitrogen and oxygen atoms in total. The van der Waals surface area contributed by atoms with E-state index in [1.54, 1.807) is 108 Å². The number of hydrogen-bond donors (Lipinski definition) is 4. The van der Waals surface area contributed by atoms with Gasteiger partial charge in [0.05, 0.1) is 99.9 Å². The summed E-state index contributed by atoms with van der Waals surface area (Å²) in [6.07, 6.45) is 16.3. The molecule has 18 heterocycles. The number of nitrogens with zero attached hydrogens (tertiary/aromatic N) is 30. The number of amides is 5. The molecule has 8 aliphatic rings. The fourth-order valence-corrected chi connectivity index (χ4v) is 22.2. The Morgan fingerprint density at radius 3 is 1.18 bits per heavy atom. The van der Waals surface area contributed by atoms with Crippen LogP contribution in [0.4, 0.5) is 118 Å². The lowest BCUT2D eigenvalue weighted by atomic mass is 10.0. The summed E-state index contributed by atoms with van der Waals surface area (Å²) < 4.78 is 15.0. The van der Waals surface area contributed by atoms with Crippen molar-refractivity contribution in [3.8, 4) is 11.5 Å². The van der Waals surface area contributed by atoms with Gasteiger partial charge in [0.2, 0.25) is 23.8 Å². The lowest BCUT2D eigenvalue weighted by molar-refractivity contribution is 0.0518. The van der Waals surface area contributed by atoms with Gasteiger partial charge in [-0.05, 0) is 139 Å². The van der Waals surface area contributed by atoms with E-state index in [9.17, 15) is 24.0 Å². The minimum absolute atomic E-state index is 0.0184. The molecule has 4 saturated heterocycles. The number of benzene rings is 2. The molecule has 4 fully saturated rings. The highest BCUT2D eigenvalue weighted by Gasteiger charge is 2.41. The van der Waals surface area contributed by atoms with Crippen molar-refractivity contribution in [3.63, 3.8) is 0 Å². The van der Waals surface area contributed by atoms with E-state index < -0.39 is 0 Å². The zero-order chi connectivity index (χ0) is 97.3. The first-order valence-corrected chi connectivity index (χ1v) is 49.8. The van der Waals surface area contributed by atoms with E-state index in [1.807, 2.05) is 120 Å². The fourth-order valence-electron chi connectivity index (χ4n) is 18.3. The van der Waals surface area contributed by atoms with Gasteiger partial charge in [-0.1, -0.05) is 0 Å². The van der Waals surface area contributed by atoms with Crippen molar-refractivity contribution in [3.05, 3.63) is 134 Å². The number of carbonyl (C=O) groups excluding carboxylic acids is 5. The molecule has 8 aliphatic heterocycles. The molecule has 20 rings (SSSR count). The maximum Gasteiger partial charge on any atom is 0.280 e. The number of aromatic nitrogens is 16. The number of nitrogens with one attached hydrogen (secondary N) is 4. The number of rotatable bonds is 19. The van der Waals surface area contributed by atoms with Crippen molar-refractivity contribution in [2.45, 2.75) is 107 Å². The quantitative estimate of drug-likeness (QED) is 0.0584. The number of likely N-dealkylation sites (N-methyl/N-ethyl adjacent to an activating group) is 2. The van der Waals surface area contributed by atoms with Crippen molar-refractivity contribution in [1.82, 2.24) is 104 Å². The van der Waals surface area contributed by atoms with Crippen LogP contribution in [0.3, 0.4) is 0 Å². The number of likely N-dealkylation sites (tertiary alicyclic amines) is 1. The molecule has 10 aromatic heterocycles. The van der Waals surface area contributed by atoms with Gasteiger partial charge in [-0.15, -0.1) is 45.3 Å². The second-order valence-electron chi connectivity index (χ2n) is 34.7. The molecule has 0 saturated carbocycles. The molecular formula is C93H118N34O7S4. The van der Waals surface area contributed by atoms with E-state index in [4.69, 9.17) is 24.4 Å². The van der Waals surface area contributed by atoms with Crippen molar-refractivity contribution in [2.75, 3.05) is 226 Å². The number of hydrogen-bond acceptors (Lipinski definition) is 38.